The van der Waals surface area contributed by atoms with Gasteiger partial charge in [0.1, 0.15) is 0 Å². The fourth-order valence-electron chi connectivity index (χ4n) is 4.69. The van der Waals surface area contributed by atoms with Crippen LogP contribution >= 0.6 is 11.3 Å². The lowest BCUT2D eigenvalue weighted by Gasteiger charge is -2.33. The van der Waals surface area contributed by atoms with Crippen LogP contribution in [0.5, 0.6) is 0 Å². The maximum Gasteiger partial charge on any atom is 0.257 e. The van der Waals surface area contributed by atoms with Crippen molar-refractivity contribution in [3.63, 3.8) is 0 Å². The number of carbonyl (C=O) groups is 2. The Hall–Kier alpha value is -2.56. The Balaban J connectivity index is 1.17. The van der Waals surface area contributed by atoms with Gasteiger partial charge in [-0.05, 0) is 37.0 Å². The molecule has 1 aromatic heterocycles. The summed E-state index contributed by atoms with van der Waals surface area (Å²) in [5.74, 6) is -0.227. The van der Waals surface area contributed by atoms with E-state index in [-0.39, 0.29) is 27.5 Å². The van der Waals surface area contributed by atoms with Crippen LogP contribution in [0.1, 0.15) is 36.6 Å². The number of aromatic nitrogens is 1. The Morgan fingerprint density at radius 2 is 1.91 bits per heavy atom. The van der Waals surface area contributed by atoms with Gasteiger partial charge in [-0.1, -0.05) is 18.7 Å². The second-order valence-corrected chi connectivity index (χ2v) is 12.3. The summed E-state index contributed by atoms with van der Waals surface area (Å²) in [6.07, 6.45) is 4.22. The van der Waals surface area contributed by atoms with E-state index in [1.807, 2.05) is 4.90 Å². The van der Waals surface area contributed by atoms with Crippen molar-refractivity contribution in [2.24, 2.45) is 0 Å². The third-order valence-corrected chi connectivity index (χ3v) is 9.84. The first-order valence-corrected chi connectivity index (χ1v) is 13.4. The molecule has 8 nitrogen and oxygen atoms in total. The van der Waals surface area contributed by atoms with Gasteiger partial charge in [-0.3, -0.25) is 19.8 Å². The number of fused-ring (bicyclic) bond motifs is 2. The molecule has 3 fully saturated rings. The highest BCUT2D eigenvalue weighted by Crippen LogP contribution is 2.34. The highest BCUT2D eigenvalue weighted by atomic mass is 32.2. The SMILES string of the molecule is C=C(C(=O)Nc1ncc(CN2C[C@@H]3C[C@H]2CN3C(C)=O)s1)c1ccc(S(=O)(=O)C2CC2)cc1. The van der Waals surface area contributed by atoms with Crippen LogP contribution in [0.4, 0.5) is 5.13 Å². The molecule has 10 heteroatoms. The van der Waals surface area contributed by atoms with Crippen LogP contribution in [0, 0.1) is 0 Å². The molecular weight excluding hydrogens is 460 g/mol. The lowest BCUT2D eigenvalue weighted by molar-refractivity contribution is -0.131. The van der Waals surface area contributed by atoms with Crippen LogP contribution in [-0.2, 0) is 26.0 Å². The standard InChI is InChI=1S/C23H26N4O4S2/c1-14(16-3-5-20(6-4-16)33(30,31)21-7-8-21)22(29)25-23-24-10-19(32-23)13-26-11-18-9-17(26)12-27(18)15(2)28/h3-6,10,17-18,21H,1,7-9,11-13H2,2H3,(H,24,25,29)/t17-,18-/m0/s1. The molecule has 3 heterocycles. The van der Waals surface area contributed by atoms with E-state index in [4.69, 9.17) is 0 Å². The molecule has 174 valence electrons. The van der Waals surface area contributed by atoms with Crippen LogP contribution in [0.3, 0.4) is 0 Å². The van der Waals surface area contributed by atoms with E-state index < -0.39 is 9.84 Å². The zero-order valence-electron chi connectivity index (χ0n) is 18.4. The van der Waals surface area contributed by atoms with Gasteiger partial charge in [0.15, 0.2) is 15.0 Å². The molecule has 2 bridgehead atoms. The number of piperazine rings is 1. The zero-order chi connectivity index (χ0) is 23.3. The molecule has 0 spiro atoms. The maximum absolute atomic E-state index is 12.7. The molecule has 0 radical (unpaired) electrons. The Kier molecular flexibility index (Phi) is 5.62. The smallest absolute Gasteiger partial charge is 0.257 e. The summed E-state index contributed by atoms with van der Waals surface area (Å²) >= 11 is 1.43. The third-order valence-electron chi connectivity index (χ3n) is 6.66. The van der Waals surface area contributed by atoms with Crippen molar-refractivity contribution in [3.05, 3.63) is 47.5 Å². The van der Waals surface area contributed by atoms with E-state index in [9.17, 15) is 18.0 Å². The molecule has 1 N–H and O–H groups in total. The van der Waals surface area contributed by atoms with Crippen molar-refractivity contribution >= 4 is 43.7 Å². The number of hydrogen-bond acceptors (Lipinski definition) is 7. The summed E-state index contributed by atoms with van der Waals surface area (Å²) < 4.78 is 24.7. The van der Waals surface area contributed by atoms with E-state index in [0.717, 1.165) is 30.9 Å². The lowest BCUT2D eigenvalue weighted by atomic mass is 10.1. The number of benzene rings is 1. The topological polar surface area (TPSA) is 99.7 Å². The molecule has 2 saturated heterocycles. The quantitative estimate of drug-likeness (QED) is 0.604. The van der Waals surface area contributed by atoms with E-state index in [2.05, 4.69) is 21.8 Å². The summed E-state index contributed by atoms with van der Waals surface area (Å²) in [5, 5.41) is 3.03. The number of sulfone groups is 1. The highest BCUT2D eigenvalue weighted by Gasteiger charge is 2.44. The molecule has 2 aromatic rings. The minimum Gasteiger partial charge on any atom is -0.337 e. The van der Waals surface area contributed by atoms with Crippen LogP contribution in [0.15, 0.2) is 41.9 Å². The Labute approximate surface area is 197 Å². The van der Waals surface area contributed by atoms with Crippen molar-refractivity contribution in [1.82, 2.24) is 14.8 Å². The molecule has 1 aliphatic carbocycles. The minimum atomic E-state index is -3.26. The number of anilines is 1. The second kappa shape index (κ2) is 8.34. The van der Waals surface area contributed by atoms with Gasteiger partial charge in [-0.2, -0.15) is 0 Å². The van der Waals surface area contributed by atoms with E-state index >= 15 is 0 Å². The average molecular weight is 487 g/mol. The number of hydrogen-bond donors (Lipinski definition) is 1. The first kappa shape index (κ1) is 22.2. The summed E-state index contributed by atoms with van der Waals surface area (Å²) in [7, 11) is -3.26. The molecule has 33 heavy (non-hydrogen) atoms. The third kappa shape index (κ3) is 4.34. The molecule has 0 unspecified atom stereocenters. The molecule has 1 saturated carbocycles. The fraction of sp³-hybridized carbons (Fsp3) is 0.435. The van der Waals surface area contributed by atoms with Gasteiger partial charge < -0.3 is 4.90 Å². The van der Waals surface area contributed by atoms with Gasteiger partial charge in [0.05, 0.1) is 10.1 Å². The first-order chi connectivity index (χ1) is 15.7. The normalized spacial score (nSPS) is 22.5. The largest absolute Gasteiger partial charge is 0.337 e. The van der Waals surface area contributed by atoms with Gasteiger partial charge in [-0.15, -0.1) is 11.3 Å². The lowest BCUT2D eigenvalue weighted by Crippen LogP contribution is -2.47. The van der Waals surface area contributed by atoms with E-state index in [0.29, 0.717) is 35.6 Å². The zero-order valence-corrected chi connectivity index (χ0v) is 20.0. The van der Waals surface area contributed by atoms with Gasteiger partial charge in [0.2, 0.25) is 5.91 Å². The number of amides is 2. The molecule has 1 aromatic carbocycles. The van der Waals surface area contributed by atoms with Gasteiger partial charge in [-0.25, -0.2) is 13.4 Å². The number of rotatable bonds is 7. The Morgan fingerprint density at radius 3 is 2.52 bits per heavy atom. The van der Waals surface area contributed by atoms with E-state index in [1.54, 1.807) is 37.4 Å². The van der Waals surface area contributed by atoms with Gasteiger partial charge >= 0.3 is 0 Å². The average Bonchev–Trinajstić information content (AvgIpc) is 3.29. The monoisotopic (exact) mass is 486 g/mol. The predicted molar refractivity (Wildman–Crippen MR) is 126 cm³/mol. The van der Waals surface area contributed by atoms with Crippen LogP contribution in [0.2, 0.25) is 0 Å². The molecule has 5 rings (SSSR count). The first-order valence-electron chi connectivity index (χ1n) is 11.0. The molecule has 2 atom stereocenters. The van der Waals surface area contributed by atoms with Gasteiger partial charge in [0, 0.05) is 55.3 Å². The minimum absolute atomic E-state index is 0.143. The Bertz CT molecular complexity index is 1220. The Morgan fingerprint density at radius 1 is 1.18 bits per heavy atom. The van der Waals surface area contributed by atoms with Gasteiger partial charge in [0.25, 0.3) is 5.91 Å². The van der Waals surface area contributed by atoms with Crippen molar-refractivity contribution in [3.8, 4) is 0 Å². The summed E-state index contributed by atoms with van der Waals surface area (Å²) in [6.45, 7) is 7.90. The number of nitrogens with one attached hydrogen (secondary N) is 1. The molecule has 2 aliphatic heterocycles. The maximum atomic E-state index is 12.7. The molecular formula is C23H26N4O4S2. The van der Waals surface area contributed by atoms with Crippen LogP contribution < -0.4 is 5.32 Å². The predicted octanol–water partition coefficient (Wildman–Crippen LogP) is 2.54. The summed E-state index contributed by atoms with van der Waals surface area (Å²) in [5.41, 5.74) is 0.824. The van der Waals surface area contributed by atoms with Crippen molar-refractivity contribution in [2.75, 3.05) is 18.4 Å². The van der Waals surface area contributed by atoms with E-state index in [1.165, 1.54) is 11.3 Å². The highest BCUT2D eigenvalue weighted by molar-refractivity contribution is 7.92. The van der Waals surface area contributed by atoms with Crippen molar-refractivity contribution < 1.29 is 18.0 Å². The molecule has 2 amide bonds. The number of likely N-dealkylation sites (tertiary alicyclic amines) is 2. The number of nitrogens with zero attached hydrogens (tertiary/aromatic N) is 3. The van der Waals surface area contributed by atoms with Crippen molar-refractivity contribution in [1.29, 1.82) is 0 Å². The summed E-state index contributed by atoms with van der Waals surface area (Å²) in [4.78, 5) is 34.3. The fourth-order valence-corrected chi connectivity index (χ4v) is 7.18. The van der Waals surface area contributed by atoms with Crippen LogP contribution in [0.25, 0.3) is 5.57 Å². The van der Waals surface area contributed by atoms with Crippen molar-refractivity contribution in [2.45, 2.75) is 55.0 Å². The number of carbonyl (C=O) groups excluding carboxylic acids is 2. The number of thiazole rings is 1. The van der Waals surface area contributed by atoms with Crippen LogP contribution in [-0.4, -0.2) is 65.4 Å². The second-order valence-electron chi connectivity index (χ2n) is 8.98. The molecule has 3 aliphatic rings. The summed E-state index contributed by atoms with van der Waals surface area (Å²) in [6, 6.07) is 7.01.